The van der Waals surface area contributed by atoms with Crippen molar-refractivity contribution < 1.29 is 19.3 Å². The minimum Gasteiger partial charge on any atom is -0.484 e. The van der Waals surface area contributed by atoms with Crippen molar-refractivity contribution in [2.75, 3.05) is 26.9 Å². The maximum atomic E-state index is 12.7. The summed E-state index contributed by atoms with van der Waals surface area (Å²) in [7, 11) is 1.52. The molecule has 0 saturated carbocycles. The number of methoxy groups -OCH3 is 1. The summed E-state index contributed by atoms with van der Waals surface area (Å²) in [4.78, 5) is 26.0. The first-order valence-corrected chi connectivity index (χ1v) is 12.0. The fourth-order valence-electron chi connectivity index (χ4n) is 4.70. The van der Waals surface area contributed by atoms with E-state index in [1.165, 1.54) is 17.9 Å². The third kappa shape index (κ3) is 4.56. The van der Waals surface area contributed by atoms with Gasteiger partial charge in [-0.3, -0.25) is 14.3 Å². The molecular weight excluding hydrogens is 478 g/mol. The molecule has 1 aliphatic carbocycles. The number of aliphatic hydroxyl groups excluding tert-OH is 1. The molecule has 4 aromatic heterocycles. The summed E-state index contributed by atoms with van der Waals surface area (Å²) >= 11 is 0. The van der Waals surface area contributed by atoms with Gasteiger partial charge in [-0.25, -0.2) is 4.98 Å². The molecule has 0 amide bonds. The highest BCUT2D eigenvalue weighted by Crippen LogP contribution is 2.28. The highest BCUT2D eigenvalue weighted by atomic mass is 16.6. The second kappa shape index (κ2) is 9.71. The van der Waals surface area contributed by atoms with Crippen LogP contribution < -0.4 is 25.1 Å². The Morgan fingerprint density at radius 1 is 1.14 bits per heavy atom. The number of nitrogens with one attached hydrogen (secondary N) is 1. The predicted molar refractivity (Wildman–Crippen MR) is 131 cm³/mol. The highest BCUT2D eigenvalue weighted by molar-refractivity contribution is 5.72. The van der Waals surface area contributed by atoms with Gasteiger partial charge in [0.25, 0.3) is 11.4 Å². The molecule has 2 unspecified atom stereocenters. The summed E-state index contributed by atoms with van der Waals surface area (Å²) < 4.78 is 17.7. The highest BCUT2D eigenvalue weighted by Gasteiger charge is 2.28. The molecule has 5 heterocycles. The Kier molecular flexibility index (Phi) is 6.10. The van der Waals surface area contributed by atoms with Crippen molar-refractivity contribution in [2.45, 2.75) is 25.5 Å². The molecule has 0 spiro atoms. The fourth-order valence-corrected chi connectivity index (χ4v) is 4.70. The van der Waals surface area contributed by atoms with E-state index in [0.29, 0.717) is 73.5 Å². The minimum absolute atomic E-state index is 0.0218. The van der Waals surface area contributed by atoms with Crippen LogP contribution in [0.3, 0.4) is 0 Å². The number of ether oxygens (including phenoxy) is 3. The molecule has 2 aliphatic rings. The van der Waals surface area contributed by atoms with Crippen LogP contribution in [0.1, 0.15) is 17.0 Å². The average Bonchev–Trinajstić information content (AvgIpc) is 2.92. The van der Waals surface area contributed by atoms with Crippen LogP contribution in [0.5, 0.6) is 17.5 Å². The SMILES string of the molecule is COc1ccc2ncc(=O)n(-c3cnc4c(c3)CC(O)C(CNCc3cc5c(nn3)OCCO5)C4)c2n1. The quantitative estimate of drug-likeness (QED) is 0.381. The molecule has 0 fully saturated rings. The standard InChI is InChI=1S/C25H25N7O5/c1-35-22-3-2-18-24(29-22)32(23(34)13-28-18)17-6-14-8-20(33)15(7-19(14)27-12-17)10-26-11-16-9-21-25(31-30-16)37-5-4-36-21/h2-3,6,9,12-13,15,20,26,33H,4-5,7-8,10-11H2,1H3. The molecule has 37 heavy (non-hydrogen) atoms. The van der Waals surface area contributed by atoms with Gasteiger partial charge in [-0.2, -0.15) is 10.1 Å². The van der Waals surface area contributed by atoms with Crippen LogP contribution in [0.25, 0.3) is 16.9 Å². The second-order valence-electron chi connectivity index (χ2n) is 9.00. The number of fused-ring (bicyclic) bond motifs is 3. The van der Waals surface area contributed by atoms with E-state index in [4.69, 9.17) is 14.2 Å². The Bertz CT molecular complexity index is 1530. The van der Waals surface area contributed by atoms with Crippen LogP contribution in [-0.2, 0) is 19.4 Å². The molecule has 1 aliphatic heterocycles. The van der Waals surface area contributed by atoms with E-state index in [0.717, 1.165) is 17.0 Å². The van der Waals surface area contributed by atoms with E-state index in [9.17, 15) is 9.90 Å². The number of aliphatic hydroxyl groups is 1. The number of hydrogen-bond acceptors (Lipinski definition) is 11. The number of aromatic nitrogens is 6. The van der Waals surface area contributed by atoms with Gasteiger partial charge < -0.3 is 24.6 Å². The summed E-state index contributed by atoms with van der Waals surface area (Å²) in [5.41, 5.74) is 3.73. The Hall–Kier alpha value is -4.16. The van der Waals surface area contributed by atoms with Gasteiger partial charge in [0.15, 0.2) is 11.4 Å². The summed E-state index contributed by atoms with van der Waals surface area (Å²) in [5, 5.41) is 22.5. The molecule has 0 aromatic carbocycles. The Labute approximate surface area is 211 Å². The molecule has 0 radical (unpaired) electrons. The first kappa shape index (κ1) is 23.3. The van der Waals surface area contributed by atoms with E-state index >= 15 is 0 Å². The van der Waals surface area contributed by atoms with Crippen LogP contribution in [0.2, 0.25) is 0 Å². The van der Waals surface area contributed by atoms with Crippen molar-refractivity contribution >= 4 is 11.2 Å². The molecule has 0 bridgehead atoms. The van der Waals surface area contributed by atoms with Crippen molar-refractivity contribution in [3.8, 4) is 23.2 Å². The molecule has 2 atom stereocenters. The molecular formula is C25H25N7O5. The van der Waals surface area contributed by atoms with E-state index in [1.54, 1.807) is 18.3 Å². The van der Waals surface area contributed by atoms with Crippen molar-refractivity contribution in [2.24, 2.45) is 5.92 Å². The molecule has 190 valence electrons. The van der Waals surface area contributed by atoms with Gasteiger partial charge in [0, 0.05) is 43.3 Å². The minimum atomic E-state index is -0.562. The van der Waals surface area contributed by atoms with E-state index < -0.39 is 6.10 Å². The van der Waals surface area contributed by atoms with Crippen molar-refractivity contribution in [1.82, 2.24) is 35.0 Å². The maximum Gasteiger partial charge on any atom is 0.276 e. The lowest BCUT2D eigenvalue weighted by Crippen LogP contribution is -2.38. The van der Waals surface area contributed by atoms with Crippen molar-refractivity contribution in [3.05, 3.63) is 64.0 Å². The lowest BCUT2D eigenvalue weighted by molar-refractivity contribution is 0.0974. The molecule has 0 saturated heterocycles. The zero-order chi connectivity index (χ0) is 25.4. The number of hydrogen-bond donors (Lipinski definition) is 2. The predicted octanol–water partition coefficient (Wildman–Crippen LogP) is 0.611. The fraction of sp³-hybridized carbons (Fsp3) is 0.360. The molecule has 2 N–H and O–H groups in total. The Balaban J connectivity index is 1.18. The molecule has 12 heteroatoms. The first-order chi connectivity index (χ1) is 18.1. The monoisotopic (exact) mass is 503 g/mol. The summed E-state index contributed by atoms with van der Waals surface area (Å²) in [6, 6.07) is 7.16. The largest absolute Gasteiger partial charge is 0.484 e. The zero-order valence-electron chi connectivity index (χ0n) is 20.1. The van der Waals surface area contributed by atoms with E-state index in [1.807, 2.05) is 12.1 Å². The summed E-state index contributed by atoms with van der Waals surface area (Å²) in [6.45, 7) is 2.03. The number of pyridine rings is 2. The Morgan fingerprint density at radius 3 is 2.92 bits per heavy atom. The van der Waals surface area contributed by atoms with Gasteiger partial charge in [-0.15, -0.1) is 5.10 Å². The Morgan fingerprint density at radius 2 is 2.03 bits per heavy atom. The third-order valence-electron chi connectivity index (χ3n) is 6.59. The smallest absolute Gasteiger partial charge is 0.276 e. The summed E-state index contributed by atoms with van der Waals surface area (Å²) in [6.07, 6.45) is 3.40. The van der Waals surface area contributed by atoms with Crippen LogP contribution in [0.4, 0.5) is 0 Å². The van der Waals surface area contributed by atoms with Gasteiger partial charge in [-0.1, -0.05) is 0 Å². The number of nitrogens with zero attached hydrogens (tertiary/aromatic N) is 6. The van der Waals surface area contributed by atoms with Gasteiger partial charge in [0.2, 0.25) is 5.88 Å². The second-order valence-corrected chi connectivity index (χ2v) is 9.00. The van der Waals surface area contributed by atoms with Crippen LogP contribution in [-0.4, -0.2) is 67.8 Å². The van der Waals surface area contributed by atoms with Crippen LogP contribution in [0.15, 0.2) is 41.5 Å². The number of rotatable bonds is 6. The summed E-state index contributed by atoms with van der Waals surface area (Å²) in [5.74, 6) is 1.37. The first-order valence-electron chi connectivity index (χ1n) is 12.0. The topological polar surface area (TPSA) is 146 Å². The van der Waals surface area contributed by atoms with E-state index in [2.05, 4.69) is 30.5 Å². The normalized spacial score (nSPS) is 18.4. The van der Waals surface area contributed by atoms with Gasteiger partial charge in [0.05, 0.1) is 37.0 Å². The van der Waals surface area contributed by atoms with E-state index in [-0.39, 0.29) is 11.5 Å². The average molecular weight is 504 g/mol. The van der Waals surface area contributed by atoms with Crippen LogP contribution in [0, 0.1) is 5.92 Å². The maximum absolute atomic E-state index is 12.7. The molecule has 6 rings (SSSR count). The molecule has 12 nitrogen and oxygen atoms in total. The lowest BCUT2D eigenvalue weighted by Gasteiger charge is -2.29. The lowest BCUT2D eigenvalue weighted by atomic mass is 9.84. The van der Waals surface area contributed by atoms with Crippen LogP contribution >= 0.6 is 0 Å². The molecule has 4 aromatic rings. The van der Waals surface area contributed by atoms with Gasteiger partial charge >= 0.3 is 0 Å². The van der Waals surface area contributed by atoms with Crippen molar-refractivity contribution in [1.29, 1.82) is 0 Å². The zero-order valence-corrected chi connectivity index (χ0v) is 20.1. The van der Waals surface area contributed by atoms with Gasteiger partial charge in [-0.05, 0) is 24.1 Å². The van der Waals surface area contributed by atoms with Gasteiger partial charge in [0.1, 0.15) is 18.7 Å². The third-order valence-corrected chi connectivity index (χ3v) is 6.59. The van der Waals surface area contributed by atoms with Crippen molar-refractivity contribution in [3.63, 3.8) is 0 Å².